The summed E-state index contributed by atoms with van der Waals surface area (Å²) in [5.41, 5.74) is 0.180. The van der Waals surface area contributed by atoms with Crippen molar-refractivity contribution in [3.63, 3.8) is 0 Å². The van der Waals surface area contributed by atoms with Gasteiger partial charge in [-0.3, -0.25) is 19.8 Å². The number of nitrogens with one attached hydrogen (secondary N) is 1. The van der Waals surface area contributed by atoms with Crippen molar-refractivity contribution in [3.8, 4) is 0 Å². The van der Waals surface area contributed by atoms with E-state index >= 15 is 0 Å². The molecule has 1 amide bonds. The van der Waals surface area contributed by atoms with Crippen molar-refractivity contribution in [2.24, 2.45) is 0 Å². The number of esters is 2. The average molecular weight is 401 g/mol. The lowest BCUT2D eigenvalue weighted by Gasteiger charge is -2.29. The normalized spacial score (nSPS) is 12.3. The second-order valence-electron chi connectivity index (χ2n) is 6.72. The molecule has 0 aliphatic carbocycles. The van der Waals surface area contributed by atoms with E-state index in [0.29, 0.717) is 11.3 Å². The number of carbonyl (C=O) groups excluding carboxylic acids is 3. The number of amides is 1. The van der Waals surface area contributed by atoms with Gasteiger partial charge in [-0.05, 0) is 33.9 Å². The van der Waals surface area contributed by atoms with Gasteiger partial charge in [-0.1, -0.05) is 29.8 Å². The fourth-order valence-corrected chi connectivity index (χ4v) is 2.33. The molecule has 150 valence electrons. The Balaban J connectivity index is 3.07. The molecule has 9 heteroatoms. The van der Waals surface area contributed by atoms with Crippen LogP contribution in [-0.2, 0) is 23.8 Å². The van der Waals surface area contributed by atoms with E-state index in [2.05, 4.69) is 10.1 Å². The lowest BCUT2D eigenvalue weighted by molar-refractivity contribution is -0.166. The number of para-hydroxylation sites is 1. The molecule has 0 spiro atoms. The zero-order chi connectivity index (χ0) is 20.6. The fraction of sp³-hybridized carbons (Fsp3) is 0.500. The number of halogens is 1. The van der Waals surface area contributed by atoms with E-state index in [0.717, 1.165) is 0 Å². The third kappa shape index (κ3) is 8.27. The molecule has 27 heavy (non-hydrogen) atoms. The van der Waals surface area contributed by atoms with Gasteiger partial charge in [-0.15, -0.1) is 0 Å². The Morgan fingerprint density at radius 2 is 1.85 bits per heavy atom. The van der Waals surface area contributed by atoms with Gasteiger partial charge in [0.05, 0.1) is 12.2 Å². The fourth-order valence-electron chi connectivity index (χ4n) is 2.23. The number of hydrogen-bond donors (Lipinski definition) is 1. The van der Waals surface area contributed by atoms with Crippen molar-refractivity contribution in [2.75, 3.05) is 25.0 Å². The van der Waals surface area contributed by atoms with E-state index in [1.807, 2.05) is 0 Å². The molecular formula is C18H25ClN2O6. The van der Waals surface area contributed by atoms with Gasteiger partial charge in [0.2, 0.25) is 0 Å². The van der Waals surface area contributed by atoms with Gasteiger partial charge in [0.1, 0.15) is 5.60 Å². The van der Waals surface area contributed by atoms with Crippen molar-refractivity contribution in [1.29, 1.82) is 0 Å². The van der Waals surface area contributed by atoms with Crippen LogP contribution >= 0.6 is 11.6 Å². The molecule has 0 heterocycles. The van der Waals surface area contributed by atoms with Gasteiger partial charge < -0.3 is 14.2 Å². The predicted molar refractivity (Wildman–Crippen MR) is 100 cm³/mol. The zero-order valence-electron chi connectivity index (χ0n) is 16.1. The van der Waals surface area contributed by atoms with Crippen molar-refractivity contribution < 1.29 is 28.6 Å². The van der Waals surface area contributed by atoms with Gasteiger partial charge in [-0.25, -0.2) is 4.79 Å². The van der Waals surface area contributed by atoms with Gasteiger partial charge in [-0.2, -0.15) is 0 Å². The Kier molecular flexibility index (Phi) is 8.52. The van der Waals surface area contributed by atoms with E-state index in [1.54, 1.807) is 52.1 Å². The Bertz CT molecular complexity index is 674. The van der Waals surface area contributed by atoms with Crippen molar-refractivity contribution >= 4 is 35.3 Å². The molecule has 1 aromatic carbocycles. The van der Waals surface area contributed by atoms with E-state index in [4.69, 9.17) is 21.1 Å². The molecule has 0 saturated carbocycles. The summed E-state index contributed by atoms with van der Waals surface area (Å²) in [7, 11) is 1.60. The van der Waals surface area contributed by atoms with Crippen LogP contribution < -0.4 is 5.32 Å². The zero-order valence-corrected chi connectivity index (χ0v) is 16.8. The summed E-state index contributed by atoms with van der Waals surface area (Å²) in [5.74, 6) is -1.02. The van der Waals surface area contributed by atoms with Crippen molar-refractivity contribution in [2.45, 2.75) is 39.5 Å². The highest BCUT2D eigenvalue weighted by molar-refractivity contribution is 6.17. The molecular weight excluding hydrogens is 376 g/mol. The third-order valence-corrected chi connectivity index (χ3v) is 3.23. The monoisotopic (exact) mass is 400 g/mol. The van der Waals surface area contributed by atoms with Crippen LogP contribution in [-0.4, -0.2) is 48.2 Å². The lowest BCUT2D eigenvalue weighted by atomic mass is 10.1. The van der Waals surface area contributed by atoms with Crippen LogP contribution in [0.15, 0.2) is 24.3 Å². The molecule has 1 aromatic rings. The predicted octanol–water partition coefficient (Wildman–Crippen LogP) is 3.27. The molecule has 1 atom stereocenters. The molecule has 1 rings (SSSR count). The minimum absolute atomic E-state index is 0.129. The molecule has 0 radical (unpaired) electrons. The number of benzene rings is 1. The maximum absolute atomic E-state index is 12.1. The minimum atomic E-state index is -0.928. The number of rotatable bonds is 7. The summed E-state index contributed by atoms with van der Waals surface area (Å²) in [5, 5.41) is 2.53. The first-order valence-corrected chi connectivity index (χ1v) is 8.75. The molecule has 0 aliphatic rings. The van der Waals surface area contributed by atoms with E-state index < -0.39 is 29.9 Å². The standard InChI is InChI=1S/C18H25ClN2O6/c1-12(22)26-16(21(5)10-15(23)27-18(2,3)4)13-8-6-7-9-14(13)20-17(24)25-11-19/h6-9,16H,10-11H2,1-5H3,(H,20,24). The number of alkyl halides is 1. The molecule has 0 fully saturated rings. The quantitative estimate of drug-likeness (QED) is 0.325. The summed E-state index contributed by atoms with van der Waals surface area (Å²) >= 11 is 5.38. The molecule has 8 nitrogen and oxygen atoms in total. The molecule has 1 N–H and O–H groups in total. The SMILES string of the molecule is CC(=O)OC(c1ccccc1NC(=O)OCCl)N(C)CC(=O)OC(C)(C)C. The molecule has 0 aliphatic heterocycles. The Morgan fingerprint density at radius 1 is 1.22 bits per heavy atom. The summed E-state index contributed by atoms with van der Waals surface area (Å²) in [6.45, 7) is 6.41. The first-order valence-electron chi connectivity index (χ1n) is 8.21. The number of carbonyl (C=O) groups is 3. The average Bonchev–Trinajstić information content (AvgIpc) is 2.51. The second-order valence-corrected chi connectivity index (χ2v) is 6.93. The highest BCUT2D eigenvalue weighted by Gasteiger charge is 2.27. The Hall–Kier alpha value is -2.32. The van der Waals surface area contributed by atoms with Crippen molar-refractivity contribution in [3.05, 3.63) is 29.8 Å². The van der Waals surface area contributed by atoms with Crippen LogP contribution in [0.1, 0.15) is 39.5 Å². The minimum Gasteiger partial charge on any atom is -0.459 e. The van der Waals surface area contributed by atoms with Crippen LogP contribution in [0.25, 0.3) is 0 Å². The smallest absolute Gasteiger partial charge is 0.412 e. The van der Waals surface area contributed by atoms with E-state index in [-0.39, 0.29) is 12.6 Å². The number of ether oxygens (including phenoxy) is 3. The molecule has 0 saturated heterocycles. The number of nitrogens with zero attached hydrogens (tertiary/aromatic N) is 1. The summed E-state index contributed by atoms with van der Waals surface area (Å²) in [4.78, 5) is 36.9. The largest absolute Gasteiger partial charge is 0.459 e. The molecule has 1 unspecified atom stereocenters. The summed E-state index contributed by atoms with van der Waals surface area (Å²) in [6, 6.07) is 6.38. The van der Waals surface area contributed by atoms with Crippen LogP contribution in [0, 0.1) is 0 Å². The Labute approximate surface area is 163 Å². The van der Waals surface area contributed by atoms with E-state index in [9.17, 15) is 14.4 Å². The maximum atomic E-state index is 12.1. The first kappa shape index (κ1) is 22.7. The molecule has 0 aromatic heterocycles. The Morgan fingerprint density at radius 3 is 2.41 bits per heavy atom. The van der Waals surface area contributed by atoms with Gasteiger partial charge in [0.15, 0.2) is 12.3 Å². The van der Waals surface area contributed by atoms with Crippen LogP contribution in [0.2, 0.25) is 0 Å². The van der Waals surface area contributed by atoms with Gasteiger partial charge in [0.25, 0.3) is 0 Å². The highest BCUT2D eigenvalue weighted by Crippen LogP contribution is 2.28. The van der Waals surface area contributed by atoms with Crippen LogP contribution in [0.4, 0.5) is 10.5 Å². The second kappa shape index (κ2) is 10.1. The van der Waals surface area contributed by atoms with Crippen LogP contribution in [0.3, 0.4) is 0 Å². The third-order valence-electron chi connectivity index (χ3n) is 3.13. The molecule has 0 bridgehead atoms. The van der Waals surface area contributed by atoms with E-state index in [1.165, 1.54) is 11.8 Å². The number of likely N-dealkylation sites (N-methyl/N-ethyl adjacent to an activating group) is 1. The summed E-state index contributed by atoms with van der Waals surface area (Å²) < 4.78 is 15.3. The first-order chi connectivity index (χ1) is 12.5. The van der Waals surface area contributed by atoms with Crippen LogP contribution in [0.5, 0.6) is 0 Å². The van der Waals surface area contributed by atoms with Gasteiger partial charge >= 0.3 is 18.0 Å². The number of anilines is 1. The summed E-state index contributed by atoms with van der Waals surface area (Å²) in [6.07, 6.45) is -1.68. The lowest BCUT2D eigenvalue weighted by Crippen LogP contribution is -2.36. The topological polar surface area (TPSA) is 94.2 Å². The number of hydrogen-bond acceptors (Lipinski definition) is 7. The van der Waals surface area contributed by atoms with Gasteiger partial charge in [0, 0.05) is 12.5 Å². The highest BCUT2D eigenvalue weighted by atomic mass is 35.5. The van der Waals surface area contributed by atoms with Crippen molar-refractivity contribution in [1.82, 2.24) is 4.90 Å². The maximum Gasteiger partial charge on any atom is 0.412 e.